The minimum Gasteiger partial charge on any atom is -0.302 e. The van der Waals surface area contributed by atoms with E-state index in [1.807, 2.05) is 24.3 Å². The van der Waals surface area contributed by atoms with Gasteiger partial charge in [-0.25, -0.2) is 4.68 Å². The largest absolute Gasteiger partial charge is 0.302 e. The maximum absolute atomic E-state index is 12.9. The van der Waals surface area contributed by atoms with Crippen LogP contribution in [0.5, 0.6) is 0 Å². The molecule has 1 atom stereocenters. The molecule has 26 heavy (non-hydrogen) atoms. The van der Waals surface area contributed by atoms with Crippen LogP contribution < -0.4 is 5.56 Å². The maximum Gasteiger partial charge on any atom is 0.274 e. The minimum atomic E-state index is -0.0393. The first-order valence-corrected chi connectivity index (χ1v) is 9.28. The van der Waals surface area contributed by atoms with Crippen LogP contribution in [0.1, 0.15) is 24.1 Å². The highest BCUT2D eigenvalue weighted by atomic mass is 35.5. The third-order valence-corrected chi connectivity index (χ3v) is 5.43. The first-order chi connectivity index (χ1) is 12.6. The number of hydrogen-bond acceptors (Lipinski definition) is 4. The van der Waals surface area contributed by atoms with Crippen molar-refractivity contribution in [1.82, 2.24) is 19.7 Å². The summed E-state index contributed by atoms with van der Waals surface area (Å²) in [6, 6.07) is 9.89. The van der Waals surface area contributed by atoms with E-state index in [9.17, 15) is 4.79 Å². The minimum absolute atomic E-state index is 0.0393. The summed E-state index contributed by atoms with van der Waals surface area (Å²) in [5.74, 6) is 0. The fourth-order valence-electron chi connectivity index (χ4n) is 3.65. The van der Waals surface area contributed by atoms with Crippen molar-refractivity contribution >= 4 is 22.4 Å². The van der Waals surface area contributed by atoms with Crippen molar-refractivity contribution in [1.29, 1.82) is 0 Å². The first-order valence-electron chi connectivity index (χ1n) is 8.90. The summed E-state index contributed by atoms with van der Waals surface area (Å²) in [5, 5.41) is 6.93. The molecule has 0 amide bonds. The summed E-state index contributed by atoms with van der Waals surface area (Å²) >= 11 is 5.99. The van der Waals surface area contributed by atoms with Gasteiger partial charge in [0.15, 0.2) is 0 Å². The number of halogens is 1. The van der Waals surface area contributed by atoms with Crippen molar-refractivity contribution in [2.75, 3.05) is 13.6 Å². The van der Waals surface area contributed by atoms with Crippen molar-refractivity contribution in [2.24, 2.45) is 0 Å². The van der Waals surface area contributed by atoms with Gasteiger partial charge in [-0.2, -0.15) is 5.10 Å². The van der Waals surface area contributed by atoms with Crippen molar-refractivity contribution in [3.8, 4) is 0 Å². The second-order valence-electron chi connectivity index (χ2n) is 6.94. The lowest BCUT2D eigenvalue weighted by Gasteiger charge is -2.20. The van der Waals surface area contributed by atoms with E-state index in [4.69, 9.17) is 16.7 Å². The average molecular weight is 369 g/mol. The van der Waals surface area contributed by atoms with E-state index < -0.39 is 0 Å². The predicted octanol–water partition coefficient (Wildman–Crippen LogP) is 3.13. The smallest absolute Gasteiger partial charge is 0.274 e. The highest BCUT2D eigenvalue weighted by Crippen LogP contribution is 2.19. The molecule has 0 N–H and O–H groups in total. The Hall–Kier alpha value is -2.24. The van der Waals surface area contributed by atoms with Gasteiger partial charge in [0.1, 0.15) is 0 Å². The quantitative estimate of drug-likeness (QED) is 0.710. The van der Waals surface area contributed by atoms with Crippen molar-refractivity contribution < 1.29 is 0 Å². The van der Waals surface area contributed by atoms with Gasteiger partial charge in [0, 0.05) is 35.3 Å². The molecule has 3 heterocycles. The average Bonchev–Trinajstić information content (AvgIpc) is 3.05. The van der Waals surface area contributed by atoms with Crippen LogP contribution in [0.2, 0.25) is 5.02 Å². The number of likely N-dealkylation sites (N-methyl/N-ethyl adjacent to an activating group) is 1. The Bertz CT molecular complexity index is 983. The first kappa shape index (κ1) is 17.2. The van der Waals surface area contributed by atoms with E-state index in [1.54, 1.807) is 23.1 Å². The number of rotatable bonds is 4. The van der Waals surface area contributed by atoms with Crippen LogP contribution in [0.25, 0.3) is 10.8 Å². The van der Waals surface area contributed by atoms with Crippen molar-refractivity contribution in [3.05, 3.63) is 69.4 Å². The Balaban J connectivity index is 1.76. The Morgan fingerprint density at radius 3 is 2.73 bits per heavy atom. The lowest BCUT2D eigenvalue weighted by atomic mass is 10.1. The second-order valence-corrected chi connectivity index (χ2v) is 7.37. The van der Waals surface area contributed by atoms with Crippen LogP contribution in [-0.4, -0.2) is 39.3 Å². The standard InChI is InChI=1S/C20H21ClN4O/c1-24-10-2-3-16(24)13-25-20(26)17-8-9-22-12-18(17)19(23-25)11-14-4-6-15(21)7-5-14/h4-9,12,16H,2-3,10-11,13H2,1H3/t16-/m1/s1. The summed E-state index contributed by atoms with van der Waals surface area (Å²) in [5.41, 5.74) is 1.94. The molecule has 6 heteroatoms. The molecular formula is C20H21ClN4O. The van der Waals surface area contributed by atoms with Gasteiger partial charge in [-0.05, 0) is 50.2 Å². The van der Waals surface area contributed by atoms with Crippen LogP contribution in [-0.2, 0) is 13.0 Å². The highest BCUT2D eigenvalue weighted by Gasteiger charge is 2.23. The molecule has 0 spiro atoms. The number of hydrogen-bond donors (Lipinski definition) is 0. The molecule has 1 aliphatic rings. The van der Waals surface area contributed by atoms with Crippen LogP contribution in [0, 0.1) is 0 Å². The fraction of sp³-hybridized carbons (Fsp3) is 0.350. The predicted molar refractivity (Wildman–Crippen MR) is 104 cm³/mol. The third kappa shape index (κ3) is 3.37. The summed E-state index contributed by atoms with van der Waals surface area (Å²) in [4.78, 5) is 19.4. The summed E-state index contributed by atoms with van der Waals surface area (Å²) in [6.45, 7) is 1.70. The van der Waals surface area contributed by atoms with Crippen LogP contribution in [0.15, 0.2) is 47.5 Å². The Morgan fingerprint density at radius 1 is 1.19 bits per heavy atom. The number of fused-ring (bicyclic) bond motifs is 1. The molecule has 1 fully saturated rings. The van der Waals surface area contributed by atoms with E-state index in [-0.39, 0.29) is 5.56 Å². The van der Waals surface area contributed by atoms with E-state index in [2.05, 4.69) is 16.9 Å². The molecule has 1 saturated heterocycles. The van der Waals surface area contributed by atoms with E-state index in [0.717, 1.165) is 29.6 Å². The van der Waals surface area contributed by atoms with Gasteiger partial charge in [0.25, 0.3) is 5.56 Å². The second kappa shape index (κ2) is 7.17. The van der Waals surface area contributed by atoms with Crippen molar-refractivity contribution in [3.63, 3.8) is 0 Å². The Kier molecular flexibility index (Phi) is 4.74. The Labute approximate surface area is 157 Å². The molecule has 134 valence electrons. The van der Waals surface area contributed by atoms with Gasteiger partial charge in [-0.3, -0.25) is 9.78 Å². The summed E-state index contributed by atoms with van der Waals surface area (Å²) in [6.07, 6.45) is 6.32. The molecule has 0 unspecified atom stereocenters. The summed E-state index contributed by atoms with van der Waals surface area (Å²) in [7, 11) is 2.11. The number of nitrogens with zero attached hydrogens (tertiary/aromatic N) is 4. The third-order valence-electron chi connectivity index (χ3n) is 5.18. The lowest BCUT2D eigenvalue weighted by molar-refractivity contribution is 0.270. The molecule has 0 radical (unpaired) electrons. The SMILES string of the molecule is CN1CCC[C@@H]1Cn1nc(Cc2ccc(Cl)cc2)c2cnccc2c1=O. The highest BCUT2D eigenvalue weighted by molar-refractivity contribution is 6.30. The molecule has 5 nitrogen and oxygen atoms in total. The molecule has 0 bridgehead atoms. The fourth-order valence-corrected chi connectivity index (χ4v) is 3.78. The molecule has 4 rings (SSSR count). The molecule has 0 saturated carbocycles. The number of benzene rings is 1. The molecule has 2 aromatic heterocycles. The molecule has 3 aromatic rings. The molecule has 0 aliphatic carbocycles. The van der Waals surface area contributed by atoms with Gasteiger partial charge >= 0.3 is 0 Å². The number of likely N-dealkylation sites (tertiary alicyclic amines) is 1. The van der Waals surface area contributed by atoms with E-state index in [1.165, 1.54) is 6.42 Å². The van der Waals surface area contributed by atoms with Gasteiger partial charge in [0.2, 0.25) is 0 Å². The Morgan fingerprint density at radius 2 is 2.00 bits per heavy atom. The summed E-state index contributed by atoms with van der Waals surface area (Å²) < 4.78 is 1.64. The van der Waals surface area contributed by atoms with Gasteiger partial charge in [0.05, 0.1) is 17.6 Å². The zero-order chi connectivity index (χ0) is 18.1. The molecular weight excluding hydrogens is 348 g/mol. The van der Waals surface area contributed by atoms with E-state index in [0.29, 0.717) is 29.4 Å². The van der Waals surface area contributed by atoms with Crippen molar-refractivity contribution in [2.45, 2.75) is 31.8 Å². The molecule has 1 aliphatic heterocycles. The number of pyridine rings is 1. The van der Waals surface area contributed by atoms with Crippen LogP contribution in [0.4, 0.5) is 0 Å². The van der Waals surface area contributed by atoms with Crippen LogP contribution >= 0.6 is 11.6 Å². The number of aromatic nitrogens is 3. The maximum atomic E-state index is 12.9. The molecule has 1 aromatic carbocycles. The van der Waals surface area contributed by atoms with Crippen LogP contribution in [0.3, 0.4) is 0 Å². The van der Waals surface area contributed by atoms with E-state index >= 15 is 0 Å². The normalized spacial score (nSPS) is 17.8. The lowest BCUT2D eigenvalue weighted by Crippen LogP contribution is -2.35. The van der Waals surface area contributed by atoms with Gasteiger partial charge in [-0.15, -0.1) is 0 Å². The van der Waals surface area contributed by atoms with Gasteiger partial charge in [-0.1, -0.05) is 23.7 Å². The topological polar surface area (TPSA) is 51.0 Å². The zero-order valence-electron chi connectivity index (χ0n) is 14.7. The van der Waals surface area contributed by atoms with Gasteiger partial charge < -0.3 is 4.90 Å². The zero-order valence-corrected chi connectivity index (χ0v) is 15.5. The monoisotopic (exact) mass is 368 g/mol.